The molecule has 1 saturated carbocycles. The van der Waals surface area contributed by atoms with Gasteiger partial charge in [-0.2, -0.15) is 5.26 Å². The van der Waals surface area contributed by atoms with E-state index in [0.717, 1.165) is 12.8 Å². The molecule has 64 valence electrons. The van der Waals surface area contributed by atoms with Crippen LogP contribution in [0.15, 0.2) is 12.2 Å². The number of halogens is 1. The minimum absolute atomic E-state index is 0.309. The molecule has 0 bridgehead atoms. The van der Waals surface area contributed by atoms with Crippen molar-refractivity contribution in [2.45, 2.75) is 24.6 Å². The SMILES string of the molecule is N#CCC1CC(Cl)C2CC=CC12. The molecule has 1 fully saturated rings. The van der Waals surface area contributed by atoms with Crippen LogP contribution in [0.4, 0.5) is 0 Å². The second-order valence-corrected chi connectivity index (χ2v) is 4.34. The van der Waals surface area contributed by atoms with Crippen molar-refractivity contribution in [1.82, 2.24) is 0 Å². The first-order valence-electron chi connectivity index (χ1n) is 4.50. The number of nitrogens with zero attached hydrogens (tertiary/aromatic N) is 1. The number of allylic oxidation sites excluding steroid dienone is 2. The summed E-state index contributed by atoms with van der Waals surface area (Å²) in [5.41, 5.74) is 0. The molecular weight excluding hydrogens is 170 g/mol. The quantitative estimate of drug-likeness (QED) is 0.451. The largest absolute Gasteiger partial charge is 0.198 e. The fraction of sp³-hybridized carbons (Fsp3) is 0.700. The van der Waals surface area contributed by atoms with Crippen molar-refractivity contribution in [1.29, 1.82) is 5.26 Å². The molecule has 0 aromatic carbocycles. The van der Waals surface area contributed by atoms with Crippen LogP contribution in [-0.4, -0.2) is 5.38 Å². The molecule has 0 amide bonds. The number of hydrogen-bond donors (Lipinski definition) is 0. The third kappa shape index (κ3) is 1.15. The first-order chi connectivity index (χ1) is 5.83. The molecule has 0 aliphatic heterocycles. The van der Waals surface area contributed by atoms with Gasteiger partial charge >= 0.3 is 0 Å². The van der Waals surface area contributed by atoms with Crippen molar-refractivity contribution in [3.8, 4) is 6.07 Å². The molecule has 12 heavy (non-hydrogen) atoms. The molecule has 2 heteroatoms. The Labute approximate surface area is 78.0 Å². The highest BCUT2D eigenvalue weighted by molar-refractivity contribution is 6.21. The van der Waals surface area contributed by atoms with Crippen LogP contribution < -0.4 is 0 Å². The minimum Gasteiger partial charge on any atom is -0.198 e. The predicted octanol–water partition coefficient (Wildman–Crippen LogP) is 2.72. The summed E-state index contributed by atoms with van der Waals surface area (Å²) in [6.45, 7) is 0. The van der Waals surface area contributed by atoms with Crippen molar-refractivity contribution < 1.29 is 0 Å². The summed E-state index contributed by atoms with van der Waals surface area (Å²) < 4.78 is 0. The Hall–Kier alpha value is -0.480. The number of alkyl halides is 1. The van der Waals surface area contributed by atoms with Crippen molar-refractivity contribution in [2.75, 3.05) is 0 Å². The topological polar surface area (TPSA) is 23.8 Å². The van der Waals surface area contributed by atoms with Crippen LogP contribution >= 0.6 is 11.6 Å². The van der Waals surface area contributed by atoms with Crippen LogP contribution in [0.2, 0.25) is 0 Å². The van der Waals surface area contributed by atoms with Gasteiger partial charge in [-0.15, -0.1) is 11.6 Å². The lowest BCUT2D eigenvalue weighted by Crippen LogP contribution is -2.10. The number of fused-ring (bicyclic) bond motifs is 1. The third-order valence-corrected chi connectivity index (χ3v) is 3.65. The van der Waals surface area contributed by atoms with E-state index in [-0.39, 0.29) is 0 Å². The smallest absolute Gasteiger partial charge is 0.0624 e. The van der Waals surface area contributed by atoms with Crippen LogP contribution in [0, 0.1) is 29.1 Å². The maximum absolute atomic E-state index is 8.62. The van der Waals surface area contributed by atoms with Gasteiger partial charge in [0.15, 0.2) is 0 Å². The van der Waals surface area contributed by atoms with E-state index in [1.54, 1.807) is 0 Å². The van der Waals surface area contributed by atoms with Gasteiger partial charge in [0.2, 0.25) is 0 Å². The molecule has 0 saturated heterocycles. The highest BCUT2D eigenvalue weighted by atomic mass is 35.5. The van der Waals surface area contributed by atoms with E-state index in [9.17, 15) is 0 Å². The number of nitriles is 1. The highest BCUT2D eigenvalue weighted by Crippen LogP contribution is 2.47. The van der Waals surface area contributed by atoms with Gasteiger partial charge in [-0.3, -0.25) is 0 Å². The van der Waals surface area contributed by atoms with Crippen LogP contribution in [0.5, 0.6) is 0 Å². The lowest BCUT2D eigenvalue weighted by Gasteiger charge is -2.13. The third-order valence-electron chi connectivity index (χ3n) is 3.15. The normalized spacial score (nSPS) is 44.3. The molecule has 0 N–H and O–H groups in total. The van der Waals surface area contributed by atoms with Crippen molar-refractivity contribution in [2.24, 2.45) is 17.8 Å². The molecule has 2 aliphatic carbocycles. The lowest BCUT2D eigenvalue weighted by molar-refractivity contribution is 0.409. The Balaban J connectivity index is 2.09. The van der Waals surface area contributed by atoms with Crippen molar-refractivity contribution in [3.63, 3.8) is 0 Å². The Kier molecular flexibility index (Phi) is 2.11. The second-order valence-electron chi connectivity index (χ2n) is 3.78. The molecule has 4 atom stereocenters. The molecule has 1 nitrogen and oxygen atoms in total. The standard InChI is InChI=1S/C10H12ClN/c11-10-6-7(4-5-12)8-2-1-3-9(8)10/h1-2,7-10H,3-4,6H2. The molecule has 0 spiro atoms. The minimum atomic E-state index is 0.309. The Morgan fingerprint density at radius 1 is 1.58 bits per heavy atom. The van der Waals surface area contributed by atoms with Gasteiger partial charge < -0.3 is 0 Å². The Bertz CT molecular complexity index is 241. The first kappa shape index (κ1) is 8.13. The molecule has 2 aliphatic rings. The summed E-state index contributed by atoms with van der Waals surface area (Å²) in [6, 6.07) is 2.25. The van der Waals surface area contributed by atoms with Gasteiger partial charge in [0.1, 0.15) is 0 Å². The molecule has 0 heterocycles. The Morgan fingerprint density at radius 3 is 3.17 bits per heavy atom. The average Bonchev–Trinajstić information content (AvgIpc) is 2.58. The molecule has 4 unspecified atom stereocenters. The first-order valence-corrected chi connectivity index (χ1v) is 4.94. The molecule has 2 rings (SSSR count). The zero-order valence-electron chi connectivity index (χ0n) is 6.91. The van der Waals surface area contributed by atoms with Gasteiger partial charge in [-0.05, 0) is 30.6 Å². The van der Waals surface area contributed by atoms with Gasteiger partial charge in [-0.1, -0.05) is 12.2 Å². The van der Waals surface area contributed by atoms with Crippen LogP contribution in [-0.2, 0) is 0 Å². The van der Waals surface area contributed by atoms with E-state index in [1.807, 2.05) is 0 Å². The van der Waals surface area contributed by atoms with Gasteiger partial charge in [-0.25, -0.2) is 0 Å². The maximum atomic E-state index is 8.62. The summed E-state index contributed by atoms with van der Waals surface area (Å²) >= 11 is 6.19. The Morgan fingerprint density at radius 2 is 2.42 bits per heavy atom. The summed E-state index contributed by atoms with van der Waals surface area (Å²) in [4.78, 5) is 0. The fourth-order valence-electron chi connectivity index (χ4n) is 2.55. The summed E-state index contributed by atoms with van der Waals surface area (Å²) in [5.74, 6) is 1.76. The molecular formula is C10H12ClN. The van der Waals surface area contributed by atoms with E-state index < -0.39 is 0 Å². The zero-order valence-corrected chi connectivity index (χ0v) is 7.67. The lowest BCUT2D eigenvalue weighted by atomic mass is 9.91. The van der Waals surface area contributed by atoms with E-state index in [1.165, 1.54) is 0 Å². The number of hydrogen-bond acceptors (Lipinski definition) is 1. The van der Waals surface area contributed by atoms with Crippen molar-refractivity contribution >= 4 is 11.6 Å². The molecule has 0 aromatic heterocycles. The van der Waals surface area contributed by atoms with E-state index in [0.29, 0.717) is 29.6 Å². The van der Waals surface area contributed by atoms with Crippen LogP contribution in [0.3, 0.4) is 0 Å². The van der Waals surface area contributed by atoms with Crippen LogP contribution in [0.25, 0.3) is 0 Å². The van der Waals surface area contributed by atoms with Gasteiger partial charge in [0.25, 0.3) is 0 Å². The van der Waals surface area contributed by atoms with E-state index in [2.05, 4.69) is 18.2 Å². The maximum Gasteiger partial charge on any atom is 0.0624 e. The zero-order chi connectivity index (χ0) is 8.55. The van der Waals surface area contributed by atoms with E-state index in [4.69, 9.17) is 16.9 Å². The monoisotopic (exact) mass is 181 g/mol. The van der Waals surface area contributed by atoms with Gasteiger partial charge in [0, 0.05) is 11.8 Å². The predicted molar refractivity (Wildman–Crippen MR) is 48.7 cm³/mol. The van der Waals surface area contributed by atoms with Crippen molar-refractivity contribution in [3.05, 3.63) is 12.2 Å². The van der Waals surface area contributed by atoms with Gasteiger partial charge in [0.05, 0.1) is 6.07 Å². The molecule has 0 aromatic rings. The summed E-state index contributed by atoms with van der Waals surface area (Å²) in [5, 5.41) is 8.92. The summed E-state index contributed by atoms with van der Waals surface area (Å²) in [6.07, 6.45) is 7.31. The number of rotatable bonds is 1. The highest BCUT2D eigenvalue weighted by Gasteiger charge is 2.42. The summed E-state index contributed by atoms with van der Waals surface area (Å²) in [7, 11) is 0. The van der Waals surface area contributed by atoms with Crippen LogP contribution in [0.1, 0.15) is 19.3 Å². The van der Waals surface area contributed by atoms with E-state index >= 15 is 0 Å². The molecule has 0 radical (unpaired) electrons. The second kappa shape index (κ2) is 3.11. The average molecular weight is 182 g/mol. The fourth-order valence-corrected chi connectivity index (χ4v) is 3.05.